The van der Waals surface area contributed by atoms with Crippen LogP contribution in [0.15, 0.2) is 47.5 Å². The highest BCUT2D eigenvalue weighted by Gasteiger charge is 2.28. The average Bonchev–Trinajstić information content (AvgIpc) is 3.21. The molecule has 0 unspecified atom stereocenters. The number of amides is 1. The van der Waals surface area contributed by atoms with Crippen LogP contribution in [0.25, 0.3) is 5.65 Å². The van der Waals surface area contributed by atoms with E-state index in [0.29, 0.717) is 25.5 Å². The molecule has 2 aliphatic heterocycles. The number of aromatic nitrogens is 3. The van der Waals surface area contributed by atoms with E-state index in [2.05, 4.69) is 10.2 Å². The van der Waals surface area contributed by atoms with Crippen molar-refractivity contribution in [2.24, 2.45) is 0 Å². The van der Waals surface area contributed by atoms with Gasteiger partial charge >= 0.3 is 0 Å². The molecule has 0 N–H and O–H groups in total. The summed E-state index contributed by atoms with van der Waals surface area (Å²) in [6, 6.07) is 11.7. The summed E-state index contributed by atoms with van der Waals surface area (Å²) in [5.74, 6) is 3.24. The third kappa shape index (κ3) is 3.76. The molecular formula is C21H22N4O3S. The Bertz CT molecular complexity index is 1040. The minimum absolute atomic E-state index is 0.156. The predicted molar refractivity (Wildman–Crippen MR) is 110 cm³/mol. The number of piperidine rings is 1. The first kappa shape index (κ1) is 18.3. The average molecular weight is 410 g/mol. The molecule has 29 heavy (non-hydrogen) atoms. The number of thioether (sulfide) groups is 1. The van der Waals surface area contributed by atoms with Crippen LogP contribution in [0.3, 0.4) is 0 Å². The summed E-state index contributed by atoms with van der Waals surface area (Å²) in [5, 5.41) is 8.65. The quantitative estimate of drug-likeness (QED) is 0.616. The van der Waals surface area contributed by atoms with Gasteiger partial charge in [0.15, 0.2) is 17.1 Å². The third-order valence-corrected chi connectivity index (χ3v) is 6.33. The summed E-state index contributed by atoms with van der Waals surface area (Å²) in [6.45, 7) is 2.63. The van der Waals surface area contributed by atoms with Crippen LogP contribution >= 0.6 is 11.8 Å². The minimum atomic E-state index is 0.156. The number of carbonyl (C=O) groups is 1. The number of hydrogen-bond donors (Lipinski definition) is 0. The molecule has 0 saturated carbocycles. The van der Waals surface area contributed by atoms with Gasteiger partial charge < -0.3 is 14.4 Å². The highest BCUT2D eigenvalue weighted by atomic mass is 32.2. The van der Waals surface area contributed by atoms with Crippen molar-refractivity contribution in [2.75, 3.05) is 32.1 Å². The van der Waals surface area contributed by atoms with Crippen LogP contribution in [-0.2, 0) is 4.79 Å². The first-order valence-electron chi connectivity index (χ1n) is 9.88. The molecule has 7 nitrogen and oxygen atoms in total. The molecule has 1 saturated heterocycles. The SMILES string of the molecule is O=C(CSc1ccc2c(c1)OCCO2)N1CCC[C@H](c2nnc3ccccn23)C1. The largest absolute Gasteiger partial charge is 0.486 e. The van der Waals surface area contributed by atoms with E-state index in [1.54, 1.807) is 0 Å². The number of carbonyl (C=O) groups excluding carboxylic acids is 1. The molecule has 0 spiro atoms. The predicted octanol–water partition coefficient (Wildman–Crippen LogP) is 3.00. The van der Waals surface area contributed by atoms with Crippen LogP contribution < -0.4 is 9.47 Å². The highest BCUT2D eigenvalue weighted by Crippen LogP contribution is 2.34. The van der Waals surface area contributed by atoms with E-state index in [1.807, 2.05) is 51.9 Å². The zero-order valence-corrected chi connectivity index (χ0v) is 16.8. The van der Waals surface area contributed by atoms with Gasteiger partial charge in [0.1, 0.15) is 19.0 Å². The Labute approximate surface area is 173 Å². The smallest absolute Gasteiger partial charge is 0.232 e. The second-order valence-electron chi connectivity index (χ2n) is 7.26. The van der Waals surface area contributed by atoms with Gasteiger partial charge in [0.05, 0.1) is 5.75 Å². The van der Waals surface area contributed by atoms with Crippen molar-refractivity contribution >= 4 is 23.3 Å². The van der Waals surface area contributed by atoms with Gasteiger partial charge in [-0.3, -0.25) is 9.20 Å². The van der Waals surface area contributed by atoms with Crippen LogP contribution in [0.5, 0.6) is 11.5 Å². The molecule has 1 atom stereocenters. The zero-order chi connectivity index (χ0) is 19.6. The lowest BCUT2D eigenvalue weighted by molar-refractivity contribution is -0.129. The van der Waals surface area contributed by atoms with E-state index in [-0.39, 0.29) is 11.8 Å². The maximum absolute atomic E-state index is 12.8. The van der Waals surface area contributed by atoms with Crippen molar-refractivity contribution in [3.63, 3.8) is 0 Å². The number of hydrogen-bond acceptors (Lipinski definition) is 6. The van der Waals surface area contributed by atoms with Gasteiger partial charge in [0, 0.05) is 30.1 Å². The number of benzene rings is 1. The Morgan fingerprint density at radius 2 is 2.03 bits per heavy atom. The summed E-state index contributed by atoms with van der Waals surface area (Å²) >= 11 is 1.54. The molecule has 0 bridgehead atoms. The molecule has 150 valence electrons. The van der Waals surface area contributed by atoms with Crippen molar-refractivity contribution in [1.82, 2.24) is 19.5 Å². The Hall–Kier alpha value is -2.74. The maximum atomic E-state index is 12.8. The fourth-order valence-electron chi connectivity index (χ4n) is 3.90. The maximum Gasteiger partial charge on any atom is 0.232 e. The molecule has 2 aromatic heterocycles. The number of nitrogens with zero attached hydrogens (tertiary/aromatic N) is 4. The number of ether oxygens (including phenoxy) is 2. The molecule has 4 heterocycles. The van der Waals surface area contributed by atoms with Crippen LogP contribution in [-0.4, -0.2) is 57.5 Å². The van der Waals surface area contributed by atoms with E-state index < -0.39 is 0 Å². The molecule has 1 amide bonds. The Kier molecular flexibility index (Phi) is 5.01. The first-order valence-corrected chi connectivity index (χ1v) is 10.9. The third-order valence-electron chi connectivity index (χ3n) is 5.36. The van der Waals surface area contributed by atoms with Crippen molar-refractivity contribution < 1.29 is 14.3 Å². The number of rotatable bonds is 4. The fourth-order valence-corrected chi connectivity index (χ4v) is 4.73. The van der Waals surface area contributed by atoms with Gasteiger partial charge in [-0.1, -0.05) is 6.07 Å². The van der Waals surface area contributed by atoms with Crippen LogP contribution in [0.1, 0.15) is 24.6 Å². The van der Waals surface area contributed by atoms with E-state index in [0.717, 1.165) is 47.3 Å². The topological polar surface area (TPSA) is 69.0 Å². The molecular weight excluding hydrogens is 388 g/mol. The van der Waals surface area contributed by atoms with E-state index >= 15 is 0 Å². The lowest BCUT2D eigenvalue weighted by Crippen LogP contribution is -2.40. The van der Waals surface area contributed by atoms with Crippen molar-refractivity contribution in [2.45, 2.75) is 23.7 Å². The van der Waals surface area contributed by atoms with E-state index in [9.17, 15) is 4.79 Å². The monoisotopic (exact) mass is 410 g/mol. The molecule has 0 radical (unpaired) electrons. The van der Waals surface area contributed by atoms with Crippen molar-refractivity contribution in [3.05, 3.63) is 48.4 Å². The fraction of sp³-hybridized carbons (Fsp3) is 0.381. The number of likely N-dealkylation sites (tertiary alicyclic amines) is 1. The minimum Gasteiger partial charge on any atom is -0.486 e. The van der Waals surface area contributed by atoms with Gasteiger partial charge in [-0.25, -0.2) is 0 Å². The van der Waals surface area contributed by atoms with Gasteiger partial charge in [0.2, 0.25) is 5.91 Å². The molecule has 0 aliphatic carbocycles. The Morgan fingerprint density at radius 1 is 1.14 bits per heavy atom. The van der Waals surface area contributed by atoms with E-state index in [4.69, 9.17) is 9.47 Å². The highest BCUT2D eigenvalue weighted by molar-refractivity contribution is 8.00. The molecule has 2 aliphatic rings. The summed E-state index contributed by atoms with van der Waals surface area (Å²) in [6.07, 6.45) is 3.99. The van der Waals surface area contributed by atoms with Crippen LogP contribution in [0.4, 0.5) is 0 Å². The van der Waals surface area contributed by atoms with Crippen LogP contribution in [0.2, 0.25) is 0 Å². The standard InChI is InChI=1S/C21H22N4O3S/c26-20(14-29-16-6-7-17-18(12-16)28-11-10-27-17)24-8-3-4-15(13-24)21-23-22-19-5-1-2-9-25(19)21/h1-2,5-7,9,12,15H,3-4,8,10-11,13-14H2/t15-/m0/s1. The summed E-state index contributed by atoms with van der Waals surface area (Å²) in [4.78, 5) is 15.8. The van der Waals surface area contributed by atoms with Gasteiger partial charge in [-0.15, -0.1) is 22.0 Å². The first-order chi connectivity index (χ1) is 14.3. The molecule has 1 aromatic carbocycles. The molecule has 3 aromatic rings. The second-order valence-corrected chi connectivity index (χ2v) is 8.31. The molecule has 1 fully saturated rings. The summed E-state index contributed by atoms with van der Waals surface area (Å²) in [7, 11) is 0. The molecule has 5 rings (SSSR count). The normalized spacial score (nSPS) is 18.8. The lowest BCUT2D eigenvalue weighted by Gasteiger charge is -2.32. The summed E-state index contributed by atoms with van der Waals surface area (Å²) < 4.78 is 13.2. The van der Waals surface area contributed by atoms with Gasteiger partial charge in [0.25, 0.3) is 0 Å². The second kappa shape index (κ2) is 7.94. The zero-order valence-electron chi connectivity index (χ0n) is 16.0. The Morgan fingerprint density at radius 3 is 2.97 bits per heavy atom. The van der Waals surface area contributed by atoms with Crippen molar-refractivity contribution in [3.8, 4) is 11.5 Å². The van der Waals surface area contributed by atoms with Crippen LogP contribution in [0, 0.1) is 0 Å². The lowest BCUT2D eigenvalue weighted by atomic mass is 9.97. The summed E-state index contributed by atoms with van der Waals surface area (Å²) in [5.41, 5.74) is 0.847. The van der Waals surface area contributed by atoms with Gasteiger partial charge in [-0.05, 0) is 43.2 Å². The number of pyridine rings is 1. The Balaban J connectivity index is 1.23. The van der Waals surface area contributed by atoms with E-state index in [1.165, 1.54) is 11.8 Å². The van der Waals surface area contributed by atoms with Gasteiger partial charge in [-0.2, -0.15) is 0 Å². The molecule has 8 heteroatoms. The number of fused-ring (bicyclic) bond motifs is 2. The van der Waals surface area contributed by atoms with Crippen molar-refractivity contribution in [1.29, 1.82) is 0 Å².